The van der Waals surface area contributed by atoms with Crippen LogP contribution in [-0.4, -0.2) is 29.3 Å². The molecule has 3 fully saturated rings. The fourth-order valence-corrected chi connectivity index (χ4v) is 5.05. The van der Waals surface area contributed by atoms with Gasteiger partial charge in [0, 0.05) is 19.0 Å². The molecule has 5 nitrogen and oxygen atoms in total. The zero-order valence-electron chi connectivity index (χ0n) is 14.2. The molecule has 0 aromatic carbocycles. The van der Waals surface area contributed by atoms with E-state index < -0.39 is 0 Å². The Kier molecular flexibility index (Phi) is 4.10. The van der Waals surface area contributed by atoms with Crippen LogP contribution in [0.1, 0.15) is 44.8 Å². The van der Waals surface area contributed by atoms with Gasteiger partial charge in [-0.3, -0.25) is 9.59 Å². The maximum absolute atomic E-state index is 12.6. The zero-order chi connectivity index (χ0) is 16.7. The van der Waals surface area contributed by atoms with Crippen molar-refractivity contribution in [1.82, 2.24) is 10.2 Å². The van der Waals surface area contributed by atoms with Gasteiger partial charge < -0.3 is 14.6 Å². The minimum Gasteiger partial charge on any atom is -0.467 e. The van der Waals surface area contributed by atoms with Gasteiger partial charge in [-0.2, -0.15) is 0 Å². The molecule has 130 valence electrons. The van der Waals surface area contributed by atoms with Crippen molar-refractivity contribution in [3.63, 3.8) is 0 Å². The first kappa shape index (κ1) is 15.7. The maximum Gasteiger partial charge on any atom is 0.225 e. The summed E-state index contributed by atoms with van der Waals surface area (Å²) in [5.74, 6) is 2.93. The van der Waals surface area contributed by atoms with E-state index in [1.54, 1.807) is 11.2 Å². The van der Waals surface area contributed by atoms with E-state index in [-0.39, 0.29) is 23.8 Å². The molecule has 1 aliphatic heterocycles. The predicted octanol–water partition coefficient (Wildman–Crippen LogP) is 2.57. The lowest BCUT2D eigenvalue weighted by atomic mass is 9.84. The molecular formula is C19H26N2O3. The summed E-state index contributed by atoms with van der Waals surface area (Å²) in [6.45, 7) is 3.09. The second kappa shape index (κ2) is 6.26. The highest BCUT2D eigenvalue weighted by molar-refractivity contribution is 5.89. The number of carbonyl (C=O) groups is 2. The molecule has 0 radical (unpaired) electrons. The van der Waals surface area contributed by atoms with Crippen molar-refractivity contribution < 1.29 is 14.0 Å². The van der Waals surface area contributed by atoms with Gasteiger partial charge in [0.1, 0.15) is 5.76 Å². The normalized spacial score (nSPS) is 33.2. The molecule has 4 rings (SSSR count). The summed E-state index contributed by atoms with van der Waals surface area (Å²) in [6, 6.07) is 3.90. The fourth-order valence-electron chi connectivity index (χ4n) is 5.05. The Morgan fingerprint density at radius 3 is 2.96 bits per heavy atom. The van der Waals surface area contributed by atoms with Gasteiger partial charge >= 0.3 is 0 Å². The van der Waals surface area contributed by atoms with E-state index in [1.807, 2.05) is 12.1 Å². The number of likely N-dealkylation sites (tertiary alicyclic amines) is 1. The largest absolute Gasteiger partial charge is 0.467 e. The van der Waals surface area contributed by atoms with E-state index >= 15 is 0 Å². The average molecular weight is 330 g/mol. The molecule has 5 atom stereocenters. The fraction of sp³-hybridized carbons (Fsp3) is 0.684. The van der Waals surface area contributed by atoms with Crippen LogP contribution < -0.4 is 5.32 Å². The van der Waals surface area contributed by atoms with Crippen LogP contribution in [0.25, 0.3) is 0 Å². The number of hydrogen-bond donors (Lipinski definition) is 1. The van der Waals surface area contributed by atoms with E-state index in [1.165, 1.54) is 25.7 Å². The van der Waals surface area contributed by atoms with Crippen molar-refractivity contribution in [2.75, 3.05) is 6.54 Å². The van der Waals surface area contributed by atoms with E-state index in [0.29, 0.717) is 25.4 Å². The van der Waals surface area contributed by atoms with Crippen LogP contribution in [0, 0.1) is 23.7 Å². The second-order valence-electron chi connectivity index (χ2n) is 7.89. The Hall–Kier alpha value is -1.78. The van der Waals surface area contributed by atoms with E-state index in [0.717, 1.165) is 17.6 Å². The van der Waals surface area contributed by atoms with Crippen molar-refractivity contribution in [2.24, 2.45) is 23.7 Å². The Morgan fingerprint density at radius 2 is 2.29 bits per heavy atom. The molecular weight excluding hydrogens is 304 g/mol. The third-order valence-electron chi connectivity index (χ3n) is 6.32. The molecule has 0 spiro atoms. The Labute approximate surface area is 142 Å². The SMILES string of the molecule is C[C@H](NC(=O)[C@H]1CC(=O)N(Cc2ccco2)C1)[C@@H]1C[C@H]2CC[C@H]1C2. The van der Waals surface area contributed by atoms with Gasteiger partial charge in [0.25, 0.3) is 0 Å². The van der Waals surface area contributed by atoms with Gasteiger partial charge in [0.15, 0.2) is 0 Å². The number of rotatable bonds is 5. The number of hydrogen-bond acceptors (Lipinski definition) is 3. The van der Waals surface area contributed by atoms with Gasteiger partial charge in [0.2, 0.25) is 11.8 Å². The quantitative estimate of drug-likeness (QED) is 0.902. The lowest BCUT2D eigenvalue weighted by Gasteiger charge is -2.29. The molecule has 1 N–H and O–H groups in total. The molecule has 1 saturated heterocycles. The molecule has 3 aliphatic rings. The van der Waals surface area contributed by atoms with Crippen molar-refractivity contribution in [3.8, 4) is 0 Å². The number of nitrogens with one attached hydrogen (secondary N) is 1. The van der Waals surface area contributed by atoms with Crippen LogP contribution in [0.4, 0.5) is 0 Å². The minimum atomic E-state index is -0.228. The summed E-state index contributed by atoms with van der Waals surface area (Å²) in [5, 5.41) is 3.21. The molecule has 0 unspecified atom stereocenters. The van der Waals surface area contributed by atoms with Gasteiger partial charge in [-0.15, -0.1) is 0 Å². The predicted molar refractivity (Wildman–Crippen MR) is 88.8 cm³/mol. The second-order valence-corrected chi connectivity index (χ2v) is 7.89. The van der Waals surface area contributed by atoms with Crippen LogP contribution in [-0.2, 0) is 16.1 Å². The molecule has 1 aromatic heterocycles. The van der Waals surface area contributed by atoms with Crippen molar-refractivity contribution in [3.05, 3.63) is 24.2 Å². The molecule has 2 saturated carbocycles. The van der Waals surface area contributed by atoms with Gasteiger partial charge in [-0.25, -0.2) is 0 Å². The highest BCUT2D eigenvalue weighted by Crippen LogP contribution is 2.49. The molecule has 1 aromatic rings. The first-order valence-corrected chi connectivity index (χ1v) is 9.20. The maximum atomic E-state index is 12.6. The van der Waals surface area contributed by atoms with E-state index in [9.17, 15) is 9.59 Å². The van der Waals surface area contributed by atoms with E-state index in [2.05, 4.69) is 12.2 Å². The number of fused-ring (bicyclic) bond motifs is 2. The lowest BCUT2D eigenvalue weighted by molar-refractivity contribution is -0.129. The van der Waals surface area contributed by atoms with Crippen molar-refractivity contribution >= 4 is 11.8 Å². The summed E-state index contributed by atoms with van der Waals surface area (Å²) in [7, 11) is 0. The minimum absolute atomic E-state index is 0.0409. The van der Waals surface area contributed by atoms with Gasteiger partial charge in [0.05, 0.1) is 18.7 Å². The number of carbonyl (C=O) groups excluding carboxylic acids is 2. The molecule has 5 heteroatoms. The number of amides is 2. The molecule has 2 bridgehead atoms. The topological polar surface area (TPSA) is 62.6 Å². The van der Waals surface area contributed by atoms with Gasteiger partial charge in [-0.05, 0) is 56.1 Å². The summed E-state index contributed by atoms with van der Waals surface area (Å²) in [5.41, 5.74) is 0. The van der Waals surface area contributed by atoms with Crippen LogP contribution in [0.15, 0.2) is 22.8 Å². The Bertz CT molecular complexity index is 612. The molecule has 2 amide bonds. The third-order valence-corrected chi connectivity index (χ3v) is 6.32. The van der Waals surface area contributed by atoms with Crippen LogP contribution in [0.5, 0.6) is 0 Å². The van der Waals surface area contributed by atoms with Crippen molar-refractivity contribution in [1.29, 1.82) is 0 Å². The Morgan fingerprint density at radius 1 is 1.42 bits per heavy atom. The highest BCUT2D eigenvalue weighted by atomic mass is 16.3. The summed E-state index contributed by atoms with van der Waals surface area (Å²) >= 11 is 0. The van der Waals surface area contributed by atoms with Crippen LogP contribution in [0.2, 0.25) is 0 Å². The van der Waals surface area contributed by atoms with Crippen molar-refractivity contribution in [2.45, 2.75) is 51.6 Å². The monoisotopic (exact) mass is 330 g/mol. The first-order chi connectivity index (χ1) is 11.6. The highest BCUT2D eigenvalue weighted by Gasteiger charge is 2.43. The summed E-state index contributed by atoms with van der Waals surface area (Å²) < 4.78 is 5.31. The molecule has 2 heterocycles. The van der Waals surface area contributed by atoms with Crippen LogP contribution >= 0.6 is 0 Å². The lowest BCUT2D eigenvalue weighted by Crippen LogP contribution is -2.43. The first-order valence-electron chi connectivity index (χ1n) is 9.20. The standard InChI is InChI=1S/C19H26N2O3/c1-12(17-8-13-4-5-14(17)7-13)20-19(23)15-9-18(22)21(10-15)11-16-3-2-6-24-16/h2-3,6,12-15,17H,4-5,7-11H2,1H3,(H,20,23)/t12-,13-,14-,15-,17-/m0/s1. The Balaban J connectivity index is 1.31. The van der Waals surface area contributed by atoms with E-state index in [4.69, 9.17) is 4.42 Å². The van der Waals surface area contributed by atoms with Gasteiger partial charge in [-0.1, -0.05) is 6.42 Å². The number of furan rings is 1. The van der Waals surface area contributed by atoms with Crippen LogP contribution in [0.3, 0.4) is 0 Å². The smallest absolute Gasteiger partial charge is 0.225 e. The molecule has 2 aliphatic carbocycles. The third kappa shape index (κ3) is 2.96. The summed E-state index contributed by atoms with van der Waals surface area (Å²) in [4.78, 5) is 26.5. The molecule has 24 heavy (non-hydrogen) atoms. The number of nitrogens with zero attached hydrogens (tertiary/aromatic N) is 1. The average Bonchev–Trinajstić information content (AvgIpc) is 3.32. The summed E-state index contributed by atoms with van der Waals surface area (Å²) in [6.07, 6.45) is 7.24. The zero-order valence-corrected chi connectivity index (χ0v) is 14.2.